The molecule has 2 unspecified atom stereocenters. The predicted octanol–water partition coefficient (Wildman–Crippen LogP) is 4.44. The lowest BCUT2D eigenvalue weighted by Gasteiger charge is -2.41. The SMILES string of the molecule is C=CCCOC(=O)[C@H]1[C@H]2C(=O)N([C@@H](CO)C(C)C)C(C(=O)N(CC=C)c3cc(C)ccc3C)C23CC[C@]1(C)S3. The van der Waals surface area contributed by atoms with Crippen molar-refractivity contribution in [1.82, 2.24) is 4.90 Å². The molecule has 212 valence electrons. The molecule has 3 aliphatic heterocycles. The Labute approximate surface area is 236 Å². The molecule has 3 heterocycles. The maximum atomic E-state index is 14.8. The molecule has 3 fully saturated rings. The largest absolute Gasteiger partial charge is 0.465 e. The molecule has 1 aromatic rings. The molecule has 1 N–H and O–H groups in total. The van der Waals surface area contributed by atoms with Crippen molar-refractivity contribution in [3.63, 3.8) is 0 Å². The second-order valence-electron chi connectivity index (χ2n) is 11.7. The molecular formula is C31H42N2O5S. The Hall–Kier alpha value is -2.58. The lowest BCUT2D eigenvalue weighted by Crippen LogP contribution is -2.58. The van der Waals surface area contributed by atoms with Crippen LogP contribution in [0.1, 0.15) is 51.2 Å². The van der Waals surface area contributed by atoms with E-state index in [0.717, 1.165) is 16.8 Å². The van der Waals surface area contributed by atoms with E-state index in [1.807, 2.05) is 52.8 Å². The molecule has 1 spiro atoms. The van der Waals surface area contributed by atoms with Crippen LogP contribution < -0.4 is 4.90 Å². The van der Waals surface area contributed by atoms with E-state index in [2.05, 4.69) is 13.2 Å². The minimum Gasteiger partial charge on any atom is -0.465 e. The fraction of sp³-hybridized carbons (Fsp3) is 0.581. The number of benzene rings is 1. The maximum Gasteiger partial charge on any atom is 0.311 e. The molecule has 2 bridgehead atoms. The highest BCUT2D eigenvalue weighted by atomic mass is 32.2. The first kappa shape index (κ1) is 29.4. The van der Waals surface area contributed by atoms with E-state index >= 15 is 0 Å². The van der Waals surface area contributed by atoms with Crippen molar-refractivity contribution in [2.24, 2.45) is 17.8 Å². The van der Waals surface area contributed by atoms with E-state index in [1.54, 1.807) is 33.7 Å². The number of carbonyl (C=O) groups excluding carboxylic acids is 3. The molecule has 4 rings (SSSR count). The fourth-order valence-electron chi connectivity index (χ4n) is 6.90. The van der Waals surface area contributed by atoms with Crippen LogP contribution in [0, 0.1) is 31.6 Å². The van der Waals surface area contributed by atoms with Crippen LogP contribution >= 0.6 is 11.8 Å². The van der Waals surface area contributed by atoms with Gasteiger partial charge in [-0.15, -0.1) is 24.9 Å². The van der Waals surface area contributed by atoms with Gasteiger partial charge in [-0.05, 0) is 63.1 Å². The van der Waals surface area contributed by atoms with Gasteiger partial charge in [0.1, 0.15) is 6.04 Å². The van der Waals surface area contributed by atoms with Gasteiger partial charge < -0.3 is 19.6 Å². The molecule has 0 aliphatic carbocycles. The summed E-state index contributed by atoms with van der Waals surface area (Å²) in [6.45, 7) is 17.7. The molecule has 0 saturated carbocycles. The number of likely N-dealkylation sites (tertiary alicyclic amines) is 1. The quantitative estimate of drug-likeness (QED) is 0.247. The predicted molar refractivity (Wildman–Crippen MR) is 156 cm³/mol. The number of fused-ring (bicyclic) bond motifs is 1. The Morgan fingerprint density at radius 1 is 1.26 bits per heavy atom. The summed E-state index contributed by atoms with van der Waals surface area (Å²) >= 11 is 1.61. The van der Waals surface area contributed by atoms with Crippen LogP contribution in [-0.2, 0) is 19.1 Å². The second kappa shape index (κ2) is 11.1. The number of thioether (sulfide) groups is 1. The van der Waals surface area contributed by atoms with Gasteiger partial charge in [0.15, 0.2) is 0 Å². The van der Waals surface area contributed by atoms with E-state index in [9.17, 15) is 19.5 Å². The van der Waals surface area contributed by atoms with Crippen molar-refractivity contribution < 1.29 is 24.2 Å². The monoisotopic (exact) mass is 554 g/mol. The Kier molecular flexibility index (Phi) is 8.39. The van der Waals surface area contributed by atoms with Gasteiger partial charge in [0.05, 0.1) is 35.8 Å². The van der Waals surface area contributed by atoms with Crippen LogP contribution in [0.25, 0.3) is 0 Å². The average molecular weight is 555 g/mol. The number of anilines is 1. The van der Waals surface area contributed by atoms with Crippen LogP contribution in [0.3, 0.4) is 0 Å². The molecule has 39 heavy (non-hydrogen) atoms. The van der Waals surface area contributed by atoms with Crippen molar-refractivity contribution in [2.75, 3.05) is 24.7 Å². The zero-order valence-electron chi connectivity index (χ0n) is 23.8. The number of esters is 1. The van der Waals surface area contributed by atoms with Gasteiger partial charge in [0.25, 0.3) is 5.91 Å². The van der Waals surface area contributed by atoms with Gasteiger partial charge in [-0.3, -0.25) is 14.4 Å². The van der Waals surface area contributed by atoms with Crippen molar-refractivity contribution in [3.05, 3.63) is 54.6 Å². The van der Waals surface area contributed by atoms with Crippen LogP contribution in [0.5, 0.6) is 0 Å². The molecular weight excluding hydrogens is 512 g/mol. The number of ether oxygens (including phenoxy) is 1. The van der Waals surface area contributed by atoms with E-state index < -0.39 is 33.4 Å². The number of hydrogen-bond donors (Lipinski definition) is 1. The Morgan fingerprint density at radius 3 is 2.59 bits per heavy atom. The highest BCUT2D eigenvalue weighted by molar-refractivity contribution is 8.02. The Balaban J connectivity index is 1.85. The highest BCUT2D eigenvalue weighted by Crippen LogP contribution is 2.72. The fourth-order valence-corrected chi connectivity index (χ4v) is 9.23. The average Bonchev–Trinajstić information content (AvgIpc) is 3.45. The van der Waals surface area contributed by atoms with Crippen LogP contribution in [0.4, 0.5) is 5.69 Å². The number of hydrogen-bond acceptors (Lipinski definition) is 6. The van der Waals surface area contributed by atoms with E-state index in [4.69, 9.17) is 4.74 Å². The minimum absolute atomic E-state index is 0.0891. The summed E-state index contributed by atoms with van der Waals surface area (Å²) in [4.78, 5) is 46.0. The Morgan fingerprint density at radius 2 is 1.97 bits per heavy atom. The first-order valence-corrected chi connectivity index (χ1v) is 14.7. The first-order valence-electron chi connectivity index (χ1n) is 13.9. The number of amides is 2. The zero-order valence-corrected chi connectivity index (χ0v) is 24.6. The molecule has 0 radical (unpaired) electrons. The number of nitrogens with zero attached hydrogens (tertiary/aromatic N) is 2. The number of rotatable bonds is 11. The summed E-state index contributed by atoms with van der Waals surface area (Å²) in [6.07, 6.45) is 5.27. The molecule has 3 saturated heterocycles. The molecule has 2 amide bonds. The third-order valence-corrected chi connectivity index (χ3v) is 10.8. The van der Waals surface area contributed by atoms with Crippen LogP contribution in [0.2, 0.25) is 0 Å². The zero-order chi connectivity index (χ0) is 28.7. The number of aliphatic hydroxyl groups excluding tert-OH is 1. The summed E-state index contributed by atoms with van der Waals surface area (Å²) in [6, 6.07) is 4.60. The normalized spacial score (nSPS) is 29.9. The summed E-state index contributed by atoms with van der Waals surface area (Å²) in [7, 11) is 0. The summed E-state index contributed by atoms with van der Waals surface area (Å²) in [5.41, 5.74) is 2.75. The van der Waals surface area contributed by atoms with Crippen LogP contribution in [-0.4, -0.2) is 69.1 Å². The summed E-state index contributed by atoms with van der Waals surface area (Å²) in [5, 5.41) is 10.5. The van der Waals surface area contributed by atoms with E-state index in [1.165, 1.54) is 0 Å². The number of aryl methyl sites for hydroxylation is 2. The van der Waals surface area contributed by atoms with Crippen molar-refractivity contribution >= 4 is 35.2 Å². The summed E-state index contributed by atoms with van der Waals surface area (Å²) < 4.78 is 4.34. The van der Waals surface area contributed by atoms with Crippen LogP contribution in [0.15, 0.2) is 43.5 Å². The highest BCUT2D eigenvalue weighted by Gasteiger charge is 2.78. The lowest BCUT2D eigenvalue weighted by molar-refractivity contribution is -0.156. The standard InChI is InChI=1S/C31H42N2O5S/c1-8-10-16-38-29(37)25-24-27(35)33(23(18-34)19(3)4)26(31(24)14-13-30(25,7)39-31)28(36)32(15-9-2)22-17-20(5)11-12-21(22)6/h8-9,11-12,17,19,23-26,34H,1-2,10,13-16,18H2,3-7H3/t23-,24-,25+,26?,30-,31?/m0/s1. The molecule has 0 aromatic heterocycles. The first-order chi connectivity index (χ1) is 18.5. The molecule has 8 heteroatoms. The van der Waals surface area contributed by atoms with Gasteiger partial charge in [-0.2, -0.15) is 0 Å². The summed E-state index contributed by atoms with van der Waals surface area (Å²) in [5.74, 6) is -2.26. The number of carbonyl (C=O) groups is 3. The topological polar surface area (TPSA) is 87.1 Å². The third-order valence-electron chi connectivity index (χ3n) is 8.82. The molecule has 7 nitrogen and oxygen atoms in total. The van der Waals surface area contributed by atoms with Crippen molar-refractivity contribution in [2.45, 2.75) is 75.5 Å². The third kappa shape index (κ3) is 4.73. The molecule has 3 aliphatic rings. The van der Waals surface area contributed by atoms with Gasteiger partial charge >= 0.3 is 5.97 Å². The maximum absolute atomic E-state index is 14.8. The van der Waals surface area contributed by atoms with Crippen molar-refractivity contribution in [1.29, 1.82) is 0 Å². The molecule has 1 aromatic carbocycles. The van der Waals surface area contributed by atoms with Gasteiger partial charge in [0, 0.05) is 17.0 Å². The van der Waals surface area contributed by atoms with E-state index in [0.29, 0.717) is 19.3 Å². The van der Waals surface area contributed by atoms with Gasteiger partial charge in [-0.1, -0.05) is 38.1 Å². The second-order valence-corrected chi connectivity index (χ2v) is 13.6. The number of aliphatic hydroxyl groups is 1. The Bertz CT molecular complexity index is 1170. The van der Waals surface area contributed by atoms with Gasteiger partial charge in [-0.25, -0.2) is 0 Å². The van der Waals surface area contributed by atoms with Crippen molar-refractivity contribution in [3.8, 4) is 0 Å². The minimum atomic E-state index is -0.827. The lowest BCUT2D eigenvalue weighted by atomic mass is 9.66. The smallest absolute Gasteiger partial charge is 0.311 e. The van der Waals surface area contributed by atoms with E-state index in [-0.39, 0.29) is 43.5 Å². The van der Waals surface area contributed by atoms with Gasteiger partial charge in [0.2, 0.25) is 5.91 Å². The molecule has 6 atom stereocenters.